The molecule has 9 nitrogen and oxygen atoms in total. The van der Waals surface area contributed by atoms with Gasteiger partial charge in [0.05, 0.1) is 39.8 Å². The van der Waals surface area contributed by atoms with Crippen molar-refractivity contribution in [3.63, 3.8) is 0 Å². The lowest BCUT2D eigenvalue weighted by Crippen LogP contribution is -2.32. The van der Waals surface area contributed by atoms with Gasteiger partial charge in [-0.1, -0.05) is 11.6 Å². The van der Waals surface area contributed by atoms with Crippen molar-refractivity contribution in [3.8, 4) is 23.0 Å². The van der Waals surface area contributed by atoms with E-state index < -0.39 is 17.7 Å². The van der Waals surface area contributed by atoms with Gasteiger partial charge < -0.3 is 24.3 Å². The third kappa shape index (κ3) is 5.60. The standard InChI is InChI=1S/C20H22ClN3O6/c1-11(25)19(24-23-12-6-13(27-2)8-14(7-12)28-3)20(26)22-16-9-15(29-4)10-17(30-5)18(16)21/h6-10,19H,1-5H3,(H,22,26). The largest absolute Gasteiger partial charge is 0.497 e. The Kier molecular flexibility index (Phi) is 7.99. The average Bonchev–Trinajstić information content (AvgIpc) is 2.74. The molecule has 0 radical (unpaired) electrons. The van der Waals surface area contributed by atoms with Crippen LogP contribution in [0.2, 0.25) is 5.02 Å². The first-order valence-electron chi connectivity index (χ1n) is 8.69. The molecule has 1 unspecified atom stereocenters. The first-order chi connectivity index (χ1) is 14.3. The Hall–Kier alpha value is -3.33. The minimum atomic E-state index is -1.39. The maximum Gasteiger partial charge on any atom is 0.258 e. The molecule has 0 spiro atoms. The summed E-state index contributed by atoms with van der Waals surface area (Å²) < 4.78 is 20.7. The molecule has 0 bridgehead atoms. The van der Waals surface area contributed by atoms with E-state index in [9.17, 15) is 9.59 Å². The number of nitrogens with one attached hydrogen (secondary N) is 1. The number of carbonyl (C=O) groups is 2. The van der Waals surface area contributed by atoms with Gasteiger partial charge in [0.2, 0.25) is 6.04 Å². The highest BCUT2D eigenvalue weighted by Gasteiger charge is 2.25. The third-order valence-corrected chi connectivity index (χ3v) is 4.37. The van der Waals surface area contributed by atoms with Gasteiger partial charge in [-0.2, -0.15) is 10.2 Å². The molecule has 0 saturated carbocycles. The van der Waals surface area contributed by atoms with Gasteiger partial charge in [0, 0.05) is 30.3 Å². The molecule has 10 heteroatoms. The number of methoxy groups -OCH3 is 4. The van der Waals surface area contributed by atoms with Gasteiger partial charge in [0.25, 0.3) is 5.91 Å². The molecule has 1 atom stereocenters. The summed E-state index contributed by atoms with van der Waals surface area (Å²) in [4.78, 5) is 24.7. The predicted octanol–water partition coefficient (Wildman–Crippen LogP) is 4.05. The molecule has 0 saturated heterocycles. The van der Waals surface area contributed by atoms with E-state index >= 15 is 0 Å². The second-order valence-electron chi connectivity index (χ2n) is 5.98. The molecule has 0 heterocycles. The third-order valence-electron chi connectivity index (χ3n) is 3.98. The summed E-state index contributed by atoms with van der Waals surface area (Å²) in [7, 11) is 5.88. The molecule has 30 heavy (non-hydrogen) atoms. The number of Topliss-reactive ketones (excluding diaryl/α,β-unsaturated/α-hetero) is 1. The number of amides is 1. The number of ketones is 1. The molecular formula is C20H22ClN3O6. The Labute approximate surface area is 178 Å². The number of nitrogens with zero attached hydrogens (tertiary/aromatic N) is 2. The minimum Gasteiger partial charge on any atom is -0.497 e. The van der Waals surface area contributed by atoms with Crippen molar-refractivity contribution in [2.24, 2.45) is 10.2 Å². The number of hydrogen-bond donors (Lipinski definition) is 1. The van der Waals surface area contributed by atoms with Crippen molar-refractivity contribution in [1.82, 2.24) is 0 Å². The smallest absolute Gasteiger partial charge is 0.258 e. The number of anilines is 1. The van der Waals surface area contributed by atoms with Gasteiger partial charge in [0.15, 0.2) is 5.78 Å². The quantitative estimate of drug-likeness (QED) is 0.470. The van der Waals surface area contributed by atoms with Crippen LogP contribution in [0.3, 0.4) is 0 Å². The number of azo groups is 1. The van der Waals surface area contributed by atoms with Crippen LogP contribution < -0.4 is 24.3 Å². The second-order valence-corrected chi connectivity index (χ2v) is 6.36. The zero-order chi connectivity index (χ0) is 22.3. The van der Waals surface area contributed by atoms with Crippen LogP contribution in [0.25, 0.3) is 0 Å². The molecule has 2 aromatic rings. The fraction of sp³-hybridized carbons (Fsp3) is 0.300. The molecule has 0 aromatic heterocycles. The van der Waals surface area contributed by atoms with Crippen LogP contribution in [0.15, 0.2) is 40.6 Å². The van der Waals surface area contributed by atoms with E-state index in [0.29, 0.717) is 28.7 Å². The highest BCUT2D eigenvalue weighted by atomic mass is 35.5. The summed E-state index contributed by atoms with van der Waals surface area (Å²) >= 11 is 6.24. The maximum absolute atomic E-state index is 12.7. The van der Waals surface area contributed by atoms with Gasteiger partial charge in [-0.3, -0.25) is 9.59 Å². The van der Waals surface area contributed by atoms with Gasteiger partial charge in [-0.25, -0.2) is 0 Å². The summed E-state index contributed by atoms with van der Waals surface area (Å²) in [5.41, 5.74) is 0.564. The number of hydrogen-bond acceptors (Lipinski definition) is 8. The minimum absolute atomic E-state index is 0.156. The zero-order valence-corrected chi connectivity index (χ0v) is 17.9. The van der Waals surface area contributed by atoms with Crippen molar-refractivity contribution in [2.45, 2.75) is 13.0 Å². The maximum atomic E-state index is 12.7. The van der Waals surface area contributed by atoms with Gasteiger partial charge >= 0.3 is 0 Å². The van der Waals surface area contributed by atoms with Gasteiger partial charge in [0.1, 0.15) is 28.0 Å². The molecule has 0 aliphatic carbocycles. The van der Waals surface area contributed by atoms with Crippen LogP contribution in [0.5, 0.6) is 23.0 Å². The number of ether oxygens (including phenoxy) is 4. The molecule has 1 amide bonds. The van der Waals surface area contributed by atoms with E-state index in [-0.39, 0.29) is 10.7 Å². The number of rotatable bonds is 9. The summed E-state index contributed by atoms with van der Waals surface area (Å²) in [6.07, 6.45) is 0. The first-order valence-corrected chi connectivity index (χ1v) is 9.07. The normalized spacial score (nSPS) is 11.7. The highest BCUT2D eigenvalue weighted by molar-refractivity contribution is 6.35. The lowest BCUT2D eigenvalue weighted by atomic mass is 10.2. The summed E-state index contributed by atoms with van der Waals surface area (Å²) in [6.45, 7) is 1.24. The average molecular weight is 436 g/mol. The van der Waals surface area contributed by atoms with Gasteiger partial charge in [-0.05, 0) is 6.92 Å². The van der Waals surface area contributed by atoms with Crippen molar-refractivity contribution in [1.29, 1.82) is 0 Å². The molecule has 2 rings (SSSR count). The molecule has 0 fully saturated rings. The van der Waals surface area contributed by atoms with Crippen LogP contribution in [-0.2, 0) is 9.59 Å². The second kappa shape index (κ2) is 10.4. The topological polar surface area (TPSA) is 108 Å². The van der Waals surface area contributed by atoms with Crippen molar-refractivity contribution in [3.05, 3.63) is 35.4 Å². The summed E-state index contributed by atoms with van der Waals surface area (Å²) in [6, 6.07) is 6.51. The van der Waals surface area contributed by atoms with E-state index in [2.05, 4.69) is 15.5 Å². The zero-order valence-electron chi connectivity index (χ0n) is 17.2. The fourth-order valence-electron chi connectivity index (χ4n) is 2.42. The predicted molar refractivity (Wildman–Crippen MR) is 112 cm³/mol. The Morgan fingerprint density at radius 2 is 1.47 bits per heavy atom. The molecular weight excluding hydrogens is 414 g/mol. The number of carbonyl (C=O) groups excluding carboxylic acids is 2. The molecule has 160 valence electrons. The van der Waals surface area contributed by atoms with E-state index in [1.165, 1.54) is 41.4 Å². The van der Waals surface area contributed by atoms with Crippen molar-refractivity contribution >= 4 is 34.7 Å². The monoisotopic (exact) mass is 435 g/mol. The molecule has 1 N–H and O–H groups in total. The molecule has 0 aliphatic heterocycles. The Balaban J connectivity index is 2.30. The van der Waals surface area contributed by atoms with Crippen LogP contribution in [0.4, 0.5) is 11.4 Å². The van der Waals surface area contributed by atoms with Crippen molar-refractivity contribution < 1.29 is 28.5 Å². The first kappa shape index (κ1) is 23.0. The summed E-state index contributed by atoms with van der Waals surface area (Å²) in [5, 5.41) is 10.6. The van der Waals surface area contributed by atoms with E-state index in [1.54, 1.807) is 24.3 Å². The van der Waals surface area contributed by atoms with Gasteiger partial charge in [-0.15, -0.1) is 0 Å². The van der Waals surface area contributed by atoms with Crippen LogP contribution >= 0.6 is 11.6 Å². The lowest BCUT2D eigenvalue weighted by molar-refractivity contribution is -0.126. The Morgan fingerprint density at radius 3 is 1.97 bits per heavy atom. The fourth-order valence-corrected chi connectivity index (χ4v) is 2.66. The van der Waals surface area contributed by atoms with E-state index in [1.807, 2.05) is 0 Å². The van der Waals surface area contributed by atoms with Crippen LogP contribution in [0.1, 0.15) is 6.92 Å². The number of benzene rings is 2. The van der Waals surface area contributed by atoms with E-state index in [4.69, 9.17) is 30.5 Å². The highest BCUT2D eigenvalue weighted by Crippen LogP contribution is 2.36. The molecule has 2 aromatic carbocycles. The molecule has 0 aliphatic rings. The van der Waals surface area contributed by atoms with Crippen LogP contribution in [0, 0.1) is 0 Å². The lowest BCUT2D eigenvalue weighted by Gasteiger charge is -2.14. The Bertz CT molecular complexity index is 942. The SMILES string of the molecule is COc1cc(N=NC(C(C)=O)C(=O)Nc2cc(OC)cc(OC)c2Cl)cc(OC)c1. The van der Waals surface area contributed by atoms with Crippen LogP contribution in [-0.4, -0.2) is 46.2 Å². The van der Waals surface area contributed by atoms with Crippen molar-refractivity contribution in [2.75, 3.05) is 33.8 Å². The Morgan fingerprint density at radius 1 is 0.900 bits per heavy atom. The summed E-state index contributed by atoms with van der Waals surface area (Å²) in [5.74, 6) is 0.479. The van der Waals surface area contributed by atoms with E-state index in [0.717, 1.165) is 0 Å². The number of halogens is 1.